The zero-order chi connectivity index (χ0) is 16.6. The molecule has 0 aromatic heterocycles. The molecule has 122 valence electrons. The van der Waals surface area contributed by atoms with Crippen molar-refractivity contribution >= 4 is 5.78 Å². The van der Waals surface area contributed by atoms with Crippen molar-refractivity contribution in [3.63, 3.8) is 0 Å². The van der Waals surface area contributed by atoms with Gasteiger partial charge in [0.05, 0.1) is 5.56 Å². The van der Waals surface area contributed by atoms with E-state index in [1.54, 1.807) is 14.0 Å². The van der Waals surface area contributed by atoms with Crippen LogP contribution in [0, 0.1) is 0 Å². The van der Waals surface area contributed by atoms with E-state index >= 15 is 0 Å². The number of halogens is 3. The van der Waals surface area contributed by atoms with Crippen LogP contribution in [-0.4, -0.2) is 25.5 Å². The molecule has 1 aliphatic rings. The van der Waals surface area contributed by atoms with Crippen LogP contribution in [0.4, 0.5) is 13.2 Å². The number of methoxy groups -OCH3 is 1. The van der Waals surface area contributed by atoms with Crippen LogP contribution < -0.4 is 5.32 Å². The molecule has 6 heteroatoms. The molecule has 1 aromatic carbocycles. The average Bonchev–Trinajstić information content (AvgIpc) is 2.50. The van der Waals surface area contributed by atoms with Gasteiger partial charge < -0.3 is 10.1 Å². The first-order valence-electron chi connectivity index (χ1n) is 7.16. The number of ketones is 1. The number of likely N-dealkylation sites (N-methyl/N-ethyl adjacent to an activating group) is 1. The van der Waals surface area contributed by atoms with E-state index in [2.05, 4.69) is 5.32 Å². The molecule has 1 N–H and O–H groups in total. The number of rotatable bonds is 3. The third-order valence-corrected chi connectivity index (χ3v) is 4.66. The summed E-state index contributed by atoms with van der Waals surface area (Å²) < 4.78 is 43.5. The van der Waals surface area contributed by atoms with Crippen LogP contribution in [0.3, 0.4) is 0 Å². The summed E-state index contributed by atoms with van der Waals surface area (Å²) in [6.07, 6.45) is -2.50. The highest BCUT2D eigenvalue weighted by atomic mass is 19.4. The van der Waals surface area contributed by atoms with Gasteiger partial charge in [0.15, 0.2) is 5.78 Å². The molecule has 0 amide bonds. The van der Waals surface area contributed by atoms with E-state index < -0.39 is 22.9 Å². The molecule has 22 heavy (non-hydrogen) atoms. The fourth-order valence-corrected chi connectivity index (χ4v) is 3.17. The van der Waals surface area contributed by atoms with Gasteiger partial charge in [0, 0.05) is 7.11 Å². The molecule has 3 nitrogen and oxygen atoms in total. The summed E-state index contributed by atoms with van der Waals surface area (Å²) in [5.41, 5.74) is -2.12. The lowest BCUT2D eigenvalue weighted by Crippen LogP contribution is -2.59. The van der Waals surface area contributed by atoms with Gasteiger partial charge in [-0.3, -0.25) is 4.79 Å². The fourth-order valence-electron chi connectivity index (χ4n) is 3.17. The predicted octanol–water partition coefficient (Wildman–Crippen LogP) is 3.28. The third-order valence-electron chi connectivity index (χ3n) is 4.66. The molecule has 2 rings (SSSR count). The summed E-state index contributed by atoms with van der Waals surface area (Å²) in [6, 6.07) is 4.78. The quantitative estimate of drug-likeness (QED) is 0.930. The summed E-state index contributed by atoms with van der Waals surface area (Å²) in [5.74, 6) is -0.143. The van der Waals surface area contributed by atoms with Gasteiger partial charge in [-0.15, -0.1) is 0 Å². The Morgan fingerprint density at radius 1 is 1.18 bits per heavy atom. The van der Waals surface area contributed by atoms with E-state index in [1.165, 1.54) is 19.2 Å². The topological polar surface area (TPSA) is 38.3 Å². The number of nitrogens with one attached hydrogen (secondary N) is 1. The zero-order valence-corrected chi connectivity index (χ0v) is 12.9. The van der Waals surface area contributed by atoms with E-state index in [1.807, 2.05) is 0 Å². The Hall–Kier alpha value is -1.40. The minimum Gasteiger partial charge on any atom is -0.371 e. The van der Waals surface area contributed by atoms with Crippen LogP contribution in [0.25, 0.3) is 0 Å². The molecule has 0 unspecified atom stereocenters. The Kier molecular flexibility index (Phi) is 4.37. The van der Waals surface area contributed by atoms with Crippen LogP contribution in [-0.2, 0) is 21.2 Å². The van der Waals surface area contributed by atoms with E-state index in [4.69, 9.17) is 4.74 Å². The van der Waals surface area contributed by atoms with Crippen molar-refractivity contribution in [3.8, 4) is 0 Å². The van der Waals surface area contributed by atoms with Crippen LogP contribution in [0.5, 0.6) is 0 Å². The number of Topliss-reactive ketones (excluding diaryl/α,β-unsaturated/α-hetero) is 1. The van der Waals surface area contributed by atoms with Crippen LogP contribution in [0.1, 0.15) is 37.3 Å². The van der Waals surface area contributed by atoms with E-state index in [-0.39, 0.29) is 5.78 Å². The SMILES string of the molecule is CN[C@@]1(c2ccc(C(F)(F)F)cc2)CCC[C@](C)(OC)C1=O. The van der Waals surface area contributed by atoms with Gasteiger partial charge >= 0.3 is 6.18 Å². The number of carbonyl (C=O) groups is 1. The number of benzene rings is 1. The van der Waals surface area contributed by atoms with Crippen molar-refractivity contribution < 1.29 is 22.7 Å². The Balaban J connectivity index is 2.44. The molecular formula is C16H20F3NO2. The van der Waals surface area contributed by atoms with E-state index in [0.29, 0.717) is 18.4 Å². The van der Waals surface area contributed by atoms with Crippen molar-refractivity contribution in [3.05, 3.63) is 35.4 Å². The lowest BCUT2D eigenvalue weighted by Gasteiger charge is -2.44. The van der Waals surface area contributed by atoms with Crippen LogP contribution >= 0.6 is 0 Å². The van der Waals surface area contributed by atoms with Gasteiger partial charge in [0.25, 0.3) is 0 Å². The van der Waals surface area contributed by atoms with Crippen molar-refractivity contribution in [2.75, 3.05) is 14.2 Å². The average molecular weight is 315 g/mol. The maximum absolute atomic E-state index is 12.9. The molecule has 0 spiro atoms. The standard InChI is InChI=1S/C16H20F3NO2/c1-14(22-3)9-4-10-15(20-2,13(14)21)11-5-7-12(8-6-11)16(17,18)19/h5-8,20H,4,9-10H2,1-3H3/t14-,15+/m0/s1. The Morgan fingerprint density at radius 3 is 2.23 bits per heavy atom. The largest absolute Gasteiger partial charge is 0.416 e. The lowest BCUT2D eigenvalue weighted by molar-refractivity contribution is -0.152. The molecule has 0 bridgehead atoms. The van der Waals surface area contributed by atoms with Crippen LogP contribution in [0.15, 0.2) is 24.3 Å². The first-order chi connectivity index (χ1) is 10.2. The minimum absolute atomic E-state index is 0.143. The Labute approximate surface area is 127 Å². The molecule has 1 saturated carbocycles. The third kappa shape index (κ3) is 2.65. The minimum atomic E-state index is -4.39. The number of alkyl halides is 3. The van der Waals surface area contributed by atoms with Gasteiger partial charge in [0.1, 0.15) is 11.1 Å². The van der Waals surface area contributed by atoms with Gasteiger partial charge in [-0.05, 0) is 50.9 Å². The monoisotopic (exact) mass is 315 g/mol. The summed E-state index contributed by atoms with van der Waals surface area (Å²) in [4.78, 5) is 12.9. The smallest absolute Gasteiger partial charge is 0.371 e. The molecule has 1 aliphatic carbocycles. The maximum Gasteiger partial charge on any atom is 0.416 e. The van der Waals surface area contributed by atoms with Gasteiger partial charge in [0.2, 0.25) is 0 Å². The second-order valence-electron chi connectivity index (χ2n) is 5.85. The number of hydrogen-bond donors (Lipinski definition) is 1. The first-order valence-corrected chi connectivity index (χ1v) is 7.16. The molecule has 2 atom stereocenters. The summed E-state index contributed by atoms with van der Waals surface area (Å²) in [6.45, 7) is 1.73. The summed E-state index contributed by atoms with van der Waals surface area (Å²) >= 11 is 0. The molecular weight excluding hydrogens is 295 g/mol. The summed E-state index contributed by atoms with van der Waals surface area (Å²) in [5, 5.41) is 3.02. The normalized spacial score (nSPS) is 29.6. The van der Waals surface area contributed by atoms with E-state index in [9.17, 15) is 18.0 Å². The predicted molar refractivity (Wildman–Crippen MR) is 76.5 cm³/mol. The fraction of sp³-hybridized carbons (Fsp3) is 0.562. The zero-order valence-electron chi connectivity index (χ0n) is 12.9. The molecule has 0 saturated heterocycles. The lowest BCUT2D eigenvalue weighted by atomic mass is 9.69. The number of carbonyl (C=O) groups excluding carboxylic acids is 1. The Bertz CT molecular complexity index is 556. The maximum atomic E-state index is 12.9. The van der Waals surface area contributed by atoms with Crippen molar-refractivity contribution in [2.24, 2.45) is 0 Å². The highest BCUT2D eigenvalue weighted by Gasteiger charge is 2.51. The van der Waals surface area contributed by atoms with Gasteiger partial charge in [-0.1, -0.05) is 12.1 Å². The van der Waals surface area contributed by atoms with Gasteiger partial charge in [-0.25, -0.2) is 0 Å². The van der Waals surface area contributed by atoms with E-state index in [0.717, 1.165) is 18.6 Å². The van der Waals surface area contributed by atoms with Crippen molar-refractivity contribution in [2.45, 2.75) is 43.5 Å². The highest BCUT2D eigenvalue weighted by molar-refractivity contribution is 5.97. The number of ether oxygens (including phenoxy) is 1. The second kappa shape index (κ2) is 5.66. The molecule has 0 heterocycles. The molecule has 0 radical (unpaired) electrons. The summed E-state index contributed by atoms with van der Waals surface area (Å²) in [7, 11) is 3.13. The first kappa shape index (κ1) is 17.0. The highest BCUT2D eigenvalue weighted by Crippen LogP contribution is 2.41. The molecule has 0 aliphatic heterocycles. The van der Waals surface area contributed by atoms with Crippen LogP contribution in [0.2, 0.25) is 0 Å². The van der Waals surface area contributed by atoms with Gasteiger partial charge in [-0.2, -0.15) is 13.2 Å². The molecule has 1 fully saturated rings. The number of hydrogen-bond acceptors (Lipinski definition) is 3. The van der Waals surface area contributed by atoms with Crippen molar-refractivity contribution in [1.29, 1.82) is 0 Å². The van der Waals surface area contributed by atoms with Crippen molar-refractivity contribution in [1.82, 2.24) is 5.32 Å². The Morgan fingerprint density at radius 2 is 1.77 bits per heavy atom. The second-order valence-corrected chi connectivity index (χ2v) is 5.85. The molecule has 1 aromatic rings.